The minimum Gasteiger partial charge on any atom is -0.382 e. The highest BCUT2D eigenvalue weighted by molar-refractivity contribution is 7.92. The number of nitrogens with one attached hydrogen (secondary N) is 1. The van der Waals surface area contributed by atoms with Gasteiger partial charge in [0.15, 0.2) is 11.5 Å². The number of sulfonamides is 1. The fraction of sp³-hybridized carbons (Fsp3) is 0.0909. The summed E-state index contributed by atoms with van der Waals surface area (Å²) < 4.78 is 24.7. The van der Waals surface area contributed by atoms with Gasteiger partial charge in [0.2, 0.25) is 10.0 Å². The van der Waals surface area contributed by atoms with Crippen molar-refractivity contribution in [1.29, 1.82) is 0 Å². The summed E-state index contributed by atoms with van der Waals surface area (Å²) in [5.41, 5.74) is 11.5. The van der Waals surface area contributed by atoms with Crippen LogP contribution < -0.4 is 16.2 Å². The molecule has 2 heterocycles. The Hall–Kier alpha value is -2.75. The lowest BCUT2D eigenvalue weighted by Crippen LogP contribution is -2.17. The van der Waals surface area contributed by atoms with Gasteiger partial charge in [-0.05, 0) is 6.07 Å². The summed E-state index contributed by atoms with van der Waals surface area (Å²) in [5.74, 6) is -0.884. The number of pyridine rings is 1. The number of rotatable bonds is 4. The summed E-state index contributed by atoms with van der Waals surface area (Å²) in [5, 5.41) is 0. The molecule has 0 spiro atoms. The fourth-order valence-corrected chi connectivity index (χ4v) is 2.11. The molecule has 0 atom stereocenters. The van der Waals surface area contributed by atoms with E-state index in [2.05, 4.69) is 19.7 Å². The Morgan fingerprint density at radius 2 is 2.00 bits per heavy atom. The van der Waals surface area contributed by atoms with Crippen molar-refractivity contribution in [3.05, 3.63) is 30.4 Å². The van der Waals surface area contributed by atoms with Crippen LogP contribution in [0.15, 0.2) is 24.7 Å². The van der Waals surface area contributed by atoms with E-state index in [1.54, 1.807) is 0 Å². The van der Waals surface area contributed by atoms with E-state index in [0.29, 0.717) is 11.3 Å². The van der Waals surface area contributed by atoms with Crippen LogP contribution in [0, 0.1) is 0 Å². The zero-order valence-corrected chi connectivity index (χ0v) is 11.8. The minimum absolute atomic E-state index is 0.0791. The second-order valence-corrected chi connectivity index (χ2v) is 5.94. The van der Waals surface area contributed by atoms with Crippen molar-refractivity contribution >= 4 is 27.4 Å². The van der Waals surface area contributed by atoms with Gasteiger partial charge in [-0.25, -0.2) is 18.4 Å². The number of hydrogen-bond acceptors (Lipinski definition) is 7. The quantitative estimate of drug-likeness (QED) is 0.693. The van der Waals surface area contributed by atoms with Gasteiger partial charge < -0.3 is 11.5 Å². The van der Waals surface area contributed by atoms with Crippen LogP contribution in [0.5, 0.6) is 0 Å². The van der Waals surface area contributed by atoms with Crippen LogP contribution >= 0.6 is 0 Å². The van der Waals surface area contributed by atoms with Gasteiger partial charge in [-0.15, -0.1) is 0 Å². The van der Waals surface area contributed by atoms with Gasteiger partial charge in [0, 0.05) is 11.8 Å². The van der Waals surface area contributed by atoms with E-state index < -0.39 is 15.9 Å². The average molecular weight is 308 g/mol. The summed E-state index contributed by atoms with van der Waals surface area (Å²) in [6, 6.07) is 1.50. The number of hydrogen-bond donors (Lipinski definition) is 3. The number of primary amides is 1. The Morgan fingerprint density at radius 3 is 2.62 bits per heavy atom. The van der Waals surface area contributed by atoms with Crippen molar-refractivity contribution in [2.24, 2.45) is 5.73 Å². The minimum atomic E-state index is -3.42. The number of nitrogens with two attached hydrogens (primary N) is 2. The maximum absolute atomic E-state index is 11.2. The standard InChI is InChI=1S/C11H12N6O3S/c1-21(19,20)17-7-2-6(3-14-4-7)8-5-15-10(12)9(16-8)11(13)18/h2-5,17H,1H3,(H2,12,15)(H2,13,18). The molecular formula is C11H12N6O3S. The molecule has 2 aromatic rings. The highest BCUT2D eigenvalue weighted by Crippen LogP contribution is 2.21. The molecule has 0 aliphatic rings. The molecule has 0 aliphatic heterocycles. The molecule has 0 aromatic carbocycles. The Bertz CT molecular complexity index is 805. The van der Waals surface area contributed by atoms with Crippen LogP contribution in [0.3, 0.4) is 0 Å². The average Bonchev–Trinajstić information content (AvgIpc) is 2.37. The molecule has 2 aromatic heterocycles. The Labute approximate surface area is 120 Å². The topological polar surface area (TPSA) is 154 Å². The third-order valence-electron chi connectivity index (χ3n) is 2.37. The number of nitrogen functional groups attached to an aromatic ring is 1. The first-order valence-corrected chi connectivity index (χ1v) is 7.51. The van der Waals surface area contributed by atoms with E-state index in [1.165, 1.54) is 24.7 Å². The second-order valence-electron chi connectivity index (χ2n) is 4.19. The van der Waals surface area contributed by atoms with Gasteiger partial charge in [0.25, 0.3) is 5.91 Å². The monoisotopic (exact) mass is 308 g/mol. The number of nitrogens with zero attached hydrogens (tertiary/aromatic N) is 3. The van der Waals surface area contributed by atoms with E-state index in [4.69, 9.17) is 11.5 Å². The predicted octanol–water partition coefficient (Wildman–Crippen LogP) is -0.409. The maximum Gasteiger partial charge on any atom is 0.271 e. The molecule has 10 heteroatoms. The normalized spacial score (nSPS) is 11.1. The van der Waals surface area contributed by atoms with Gasteiger partial charge in [0.1, 0.15) is 0 Å². The van der Waals surface area contributed by atoms with Gasteiger partial charge in [-0.3, -0.25) is 14.5 Å². The molecule has 1 amide bonds. The first-order chi connectivity index (χ1) is 9.76. The number of amides is 1. The van der Waals surface area contributed by atoms with Crippen molar-refractivity contribution in [2.45, 2.75) is 0 Å². The van der Waals surface area contributed by atoms with Gasteiger partial charge in [-0.1, -0.05) is 0 Å². The lowest BCUT2D eigenvalue weighted by molar-refractivity contribution is 0.0996. The van der Waals surface area contributed by atoms with Crippen molar-refractivity contribution in [3.63, 3.8) is 0 Å². The summed E-state index contributed by atoms with van der Waals surface area (Å²) in [6.45, 7) is 0. The SMILES string of the molecule is CS(=O)(=O)Nc1cncc(-c2cnc(N)c(C(N)=O)n2)c1. The third kappa shape index (κ3) is 3.63. The molecule has 0 aliphatic carbocycles. The molecule has 5 N–H and O–H groups in total. The smallest absolute Gasteiger partial charge is 0.271 e. The summed E-state index contributed by atoms with van der Waals surface area (Å²) >= 11 is 0. The fourth-order valence-electron chi connectivity index (χ4n) is 1.57. The summed E-state index contributed by atoms with van der Waals surface area (Å²) in [7, 11) is -3.42. The Kier molecular flexibility index (Phi) is 3.72. The maximum atomic E-state index is 11.2. The lowest BCUT2D eigenvalue weighted by Gasteiger charge is -2.07. The summed E-state index contributed by atoms with van der Waals surface area (Å²) in [4.78, 5) is 22.9. The molecule has 0 fully saturated rings. The van der Waals surface area contributed by atoms with Crippen LogP contribution in [-0.4, -0.2) is 35.5 Å². The molecule has 21 heavy (non-hydrogen) atoms. The zero-order valence-electron chi connectivity index (χ0n) is 10.9. The molecule has 0 saturated heterocycles. The van der Waals surface area contributed by atoms with Crippen LogP contribution in [-0.2, 0) is 10.0 Å². The molecule has 0 saturated carbocycles. The zero-order chi connectivity index (χ0) is 15.6. The molecular weight excluding hydrogens is 296 g/mol. The van der Waals surface area contributed by atoms with Crippen LogP contribution in [0.1, 0.15) is 10.5 Å². The third-order valence-corrected chi connectivity index (χ3v) is 2.98. The largest absolute Gasteiger partial charge is 0.382 e. The van der Waals surface area contributed by atoms with E-state index in [9.17, 15) is 13.2 Å². The van der Waals surface area contributed by atoms with Crippen LogP contribution in [0.4, 0.5) is 11.5 Å². The van der Waals surface area contributed by atoms with Crippen molar-refractivity contribution in [2.75, 3.05) is 16.7 Å². The van der Waals surface area contributed by atoms with E-state index in [0.717, 1.165) is 6.26 Å². The van der Waals surface area contributed by atoms with Gasteiger partial charge in [-0.2, -0.15) is 0 Å². The van der Waals surface area contributed by atoms with E-state index >= 15 is 0 Å². The molecule has 9 nitrogen and oxygen atoms in total. The van der Waals surface area contributed by atoms with Gasteiger partial charge >= 0.3 is 0 Å². The Morgan fingerprint density at radius 1 is 1.29 bits per heavy atom. The molecule has 110 valence electrons. The highest BCUT2D eigenvalue weighted by Gasteiger charge is 2.12. The first kappa shape index (κ1) is 14.7. The number of anilines is 2. The van der Waals surface area contributed by atoms with Crippen LogP contribution in [0.25, 0.3) is 11.3 Å². The lowest BCUT2D eigenvalue weighted by atomic mass is 10.2. The van der Waals surface area contributed by atoms with Gasteiger partial charge in [0.05, 0.1) is 30.0 Å². The van der Waals surface area contributed by atoms with Crippen molar-refractivity contribution in [1.82, 2.24) is 15.0 Å². The predicted molar refractivity (Wildman–Crippen MR) is 76.7 cm³/mol. The number of carbonyl (C=O) groups excluding carboxylic acids is 1. The highest BCUT2D eigenvalue weighted by atomic mass is 32.2. The first-order valence-electron chi connectivity index (χ1n) is 5.62. The van der Waals surface area contributed by atoms with Crippen molar-refractivity contribution in [3.8, 4) is 11.3 Å². The second kappa shape index (κ2) is 5.32. The Balaban J connectivity index is 2.45. The number of carbonyl (C=O) groups is 1. The van der Waals surface area contributed by atoms with Crippen molar-refractivity contribution < 1.29 is 13.2 Å². The van der Waals surface area contributed by atoms with Crippen LogP contribution in [0.2, 0.25) is 0 Å². The molecule has 2 rings (SSSR count). The molecule has 0 bridgehead atoms. The molecule has 0 unspecified atom stereocenters. The van der Waals surface area contributed by atoms with E-state index in [-0.39, 0.29) is 17.2 Å². The summed E-state index contributed by atoms with van der Waals surface area (Å²) in [6.07, 6.45) is 5.14. The van der Waals surface area contributed by atoms with E-state index in [1.807, 2.05) is 0 Å². The molecule has 0 radical (unpaired) electrons. The number of aromatic nitrogens is 3.